The second-order valence-corrected chi connectivity index (χ2v) is 8.29. The molecule has 30 heavy (non-hydrogen) atoms. The van der Waals surface area contributed by atoms with E-state index in [4.69, 9.17) is 9.40 Å². The van der Waals surface area contributed by atoms with Gasteiger partial charge in [-0.2, -0.15) is 0 Å². The molecule has 0 saturated heterocycles. The number of hydrogen-bond donors (Lipinski definition) is 0. The largest absolute Gasteiger partial charge is 0.454 e. The maximum Gasteiger partial charge on any atom is 0.220 e. The fourth-order valence-electron chi connectivity index (χ4n) is 4.54. The molecule has 3 aromatic heterocycles. The fourth-order valence-corrected chi connectivity index (χ4v) is 4.98. The number of hydrogen-bond acceptors (Lipinski definition) is 2. The number of benzene rings is 4. The first kappa shape index (κ1) is 16.3. The molecule has 0 N–H and O–H groups in total. The van der Waals surface area contributed by atoms with Crippen molar-refractivity contribution in [1.82, 2.24) is 14.0 Å². The first-order chi connectivity index (χ1) is 14.8. The van der Waals surface area contributed by atoms with E-state index in [0.29, 0.717) is 0 Å². The van der Waals surface area contributed by atoms with Gasteiger partial charge in [-0.1, -0.05) is 48.5 Å². The van der Waals surface area contributed by atoms with Gasteiger partial charge in [0.25, 0.3) is 0 Å². The molecule has 0 unspecified atom stereocenters. The Bertz CT molecular complexity index is 1770. The molecule has 0 atom stereocenters. The number of imidazole rings is 2. The minimum absolute atomic E-state index is 0.867. The summed E-state index contributed by atoms with van der Waals surface area (Å²) in [6, 6.07) is 29.1. The molecule has 0 fully saturated rings. The van der Waals surface area contributed by atoms with Crippen LogP contribution in [-0.2, 0) is 0 Å². The first-order valence-corrected chi connectivity index (χ1v) is 10.6. The van der Waals surface area contributed by atoms with Crippen LogP contribution >= 0.6 is 15.9 Å². The molecule has 0 aliphatic carbocycles. The zero-order valence-electron chi connectivity index (χ0n) is 15.7. The normalized spacial score (nSPS) is 12.2. The topological polar surface area (TPSA) is 35.4 Å². The number of fused-ring (bicyclic) bond motifs is 8. The Balaban J connectivity index is 1.72. The zero-order chi connectivity index (χ0) is 19.8. The average molecular weight is 452 g/mol. The third-order valence-corrected chi connectivity index (χ3v) is 6.45. The summed E-state index contributed by atoms with van der Waals surface area (Å²) >= 11 is 3.66. The maximum atomic E-state index is 6.34. The number of rotatable bonds is 1. The molecule has 5 heteroatoms. The van der Waals surface area contributed by atoms with E-state index in [1.807, 2.05) is 30.3 Å². The van der Waals surface area contributed by atoms with E-state index in [-0.39, 0.29) is 0 Å². The van der Waals surface area contributed by atoms with Gasteiger partial charge in [0.05, 0.1) is 22.2 Å². The Hall–Kier alpha value is -3.57. The van der Waals surface area contributed by atoms with Crippen LogP contribution in [0.1, 0.15) is 0 Å². The predicted molar refractivity (Wildman–Crippen MR) is 125 cm³/mol. The summed E-state index contributed by atoms with van der Waals surface area (Å²) < 4.78 is 11.7. The Morgan fingerprint density at radius 2 is 1.43 bits per heavy atom. The highest BCUT2D eigenvalue weighted by Gasteiger charge is 2.20. The predicted octanol–water partition coefficient (Wildman–Crippen LogP) is 7.09. The number of para-hydroxylation sites is 5. The fraction of sp³-hybridized carbons (Fsp3) is 0. The van der Waals surface area contributed by atoms with Crippen LogP contribution in [0.25, 0.3) is 55.5 Å². The first-order valence-electron chi connectivity index (χ1n) is 9.78. The molecule has 7 aromatic rings. The van der Waals surface area contributed by atoms with Crippen molar-refractivity contribution >= 4 is 65.7 Å². The van der Waals surface area contributed by atoms with Crippen molar-refractivity contribution in [2.75, 3.05) is 0 Å². The molecule has 0 radical (unpaired) electrons. The second kappa shape index (κ2) is 5.74. The van der Waals surface area contributed by atoms with E-state index in [1.165, 1.54) is 0 Å². The average Bonchev–Trinajstić information content (AvgIpc) is 3.43. The summed E-state index contributed by atoms with van der Waals surface area (Å²) in [5.41, 5.74) is 6.98. The lowest BCUT2D eigenvalue weighted by molar-refractivity contribution is 0.666. The molecule has 0 bridgehead atoms. The number of halogens is 1. The Morgan fingerprint density at radius 1 is 0.700 bits per heavy atom. The SMILES string of the molecule is Brc1cccc2c1nc1n(-c3cccc4c3oc3ccccc34)c3ccccc3n21. The van der Waals surface area contributed by atoms with Crippen molar-refractivity contribution in [2.45, 2.75) is 0 Å². The lowest BCUT2D eigenvalue weighted by Gasteiger charge is -2.06. The lowest BCUT2D eigenvalue weighted by atomic mass is 10.1. The summed E-state index contributed by atoms with van der Waals surface area (Å²) in [5.74, 6) is 0.867. The van der Waals surface area contributed by atoms with Crippen LogP contribution in [0.5, 0.6) is 0 Å². The van der Waals surface area contributed by atoms with Crippen molar-refractivity contribution in [3.05, 3.63) is 89.4 Å². The molecule has 0 spiro atoms. The van der Waals surface area contributed by atoms with E-state index in [2.05, 4.69) is 79.5 Å². The van der Waals surface area contributed by atoms with Crippen molar-refractivity contribution in [2.24, 2.45) is 0 Å². The van der Waals surface area contributed by atoms with E-state index in [0.717, 1.165) is 59.9 Å². The van der Waals surface area contributed by atoms with Gasteiger partial charge in [0.2, 0.25) is 5.78 Å². The highest BCUT2D eigenvalue weighted by Crippen LogP contribution is 2.37. The zero-order valence-corrected chi connectivity index (χ0v) is 17.3. The van der Waals surface area contributed by atoms with E-state index < -0.39 is 0 Å². The minimum Gasteiger partial charge on any atom is -0.454 e. The van der Waals surface area contributed by atoms with Gasteiger partial charge in [-0.3, -0.25) is 8.97 Å². The van der Waals surface area contributed by atoms with Gasteiger partial charge in [-0.15, -0.1) is 0 Å². The van der Waals surface area contributed by atoms with Crippen LogP contribution in [0.3, 0.4) is 0 Å². The van der Waals surface area contributed by atoms with Crippen molar-refractivity contribution < 1.29 is 4.42 Å². The third kappa shape index (κ3) is 1.97. The molecule has 3 heterocycles. The van der Waals surface area contributed by atoms with Crippen LogP contribution in [0.2, 0.25) is 0 Å². The number of nitrogens with zero attached hydrogens (tertiary/aromatic N) is 3. The monoisotopic (exact) mass is 451 g/mol. The summed E-state index contributed by atoms with van der Waals surface area (Å²) in [7, 11) is 0. The van der Waals surface area contributed by atoms with Crippen LogP contribution in [-0.4, -0.2) is 14.0 Å². The number of aromatic nitrogens is 3. The number of furan rings is 1. The molecule has 4 aromatic carbocycles. The van der Waals surface area contributed by atoms with Gasteiger partial charge >= 0.3 is 0 Å². The Labute approximate surface area is 179 Å². The van der Waals surface area contributed by atoms with E-state index >= 15 is 0 Å². The quantitative estimate of drug-likeness (QED) is 0.267. The minimum atomic E-state index is 0.867. The molecular weight excluding hydrogens is 438 g/mol. The van der Waals surface area contributed by atoms with Gasteiger partial charge in [-0.05, 0) is 52.3 Å². The van der Waals surface area contributed by atoms with Crippen LogP contribution in [0, 0.1) is 0 Å². The van der Waals surface area contributed by atoms with Gasteiger partial charge < -0.3 is 4.42 Å². The van der Waals surface area contributed by atoms with Crippen molar-refractivity contribution in [3.63, 3.8) is 0 Å². The highest BCUT2D eigenvalue weighted by molar-refractivity contribution is 9.10. The molecule has 142 valence electrons. The van der Waals surface area contributed by atoms with Crippen molar-refractivity contribution in [1.29, 1.82) is 0 Å². The van der Waals surface area contributed by atoms with Gasteiger partial charge in [0.15, 0.2) is 5.58 Å². The molecule has 0 amide bonds. The van der Waals surface area contributed by atoms with Crippen molar-refractivity contribution in [3.8, 4) is 5.69 Å². The van der Waals surface area contributed by atoms with Gasteiger partial charge in [0, 0.05) is 15.2 Å². The van der Waals surface area contributed by atoms with E-state index in [1.54, 1.807) is 0 Å². The Morgan fingerprint density at radius 3 is 2.37 bits per heavy atom. The van der Waals surface area contributed by atoms with Crippen LogP contribution < -0.4 is 0 Å². The summed E-state index contributed by atoms with van der Waals surface area (Å²) in [5, 5.41) is 2.23. The molecule has 0 aliphatic heterocycles. The molecule has 4 nitrogen and oxygen atoms in total. The van der Waals surface area contributed by atoms with Crippen LogP contribution in [0.15, 0.2) is 93.8 Å². The smallest absolute Gasteiger partial charge is 0.220 e. The summed E-state index contributed by atoms with van der Waals surface area (Å²) in [4.78, 5) is 5.03. The van der Waals surface area contributed by atoms with Gasteiger partial charge in [0.1, 0.15) is 11.1 Å². The van der Waals surface area contributed by atoms with E-state index in [9.17, 15) is 0 Å². The molecule has 0 saturated carbocycles. The lowest BCUT2D eigenvalue weighted by Crippen LogP contribution is -1.95. The summed E-state index contributed by atoms with van der Waals surface area (Å²) in [6.45, 7) is 0. The third-order valence-electron chi connectivity index (χ3n) is 5.81. The standard InChI is InChI=1S/C25H14BrN3O/c26-17-9-6-12-20-23(17)27-25-28(20)18-10-2-3-11-19(18)29(25)21-13-5-8-16-15-7-1-4-14-22(15)30-24(16)21/h1-14H. The molecule has 7 rings (SSSR count). The second-order valence-electron chi connectivity index (χ2n) is 7.43. The highest BCUT2D eigenvalue weighted by atomic mass is 79.9. The molecular formula is C25H14BrN3O. The van der Waals surface area contributed by atoms with Gasteiger partial charge in [-0.25, -0.2) is 4.98 Å². The molecule has 0 aliphatic rings. The summed E-state index contributed by atoms with van der Waals surface area (Å²) in [6.07, 6.45) is 0. The maximum absolute atomic E-state index is 6.34. The Kier molecular flexibility index (Phi) is 3.11. The van der Waals surface area contributed by atoms with Crippen LogP contribution in [0.4, 0.5) is 0 Å².